The lowest BCUT2D eigenvalue weighted by atomic mass is 9.99. The number of ether oxygens (including phenoxy) is 2. The molecule has 5 nitrogen and oxygen atoms in total. The van der Waals surface area contributed by atoms with Gasteiger partial charge in [-0.15, -0.1) is 0 Å². The standard InChI is InChI=1S/C18H23NO4/c1-12(2)10-16(13-6-4-3-5-7-13)23-18(21)19-9-8-15-17(19)14(20)11-22-15/h3-7,12,15-17H,8-11H2,1-2H3/t15?,16-,17?/m0/s1. The number of rotatable bonds is 4. The van der Waals surface area contributed by atoms with Gasteiger partial charge in [-0.3, -0.25) is 9.69 Å². The van der Waals surface area contributed by atoms with Crippen LogP contribution in [-0.2, 0) is 14.3 Å². The molecule has 2 aliphatic rings. The number of carbonyl (C=O) groups is 2. The molecule has 2 heterocycles. The minimum absolute atomic E-state index is 0.0235. The summed E-state index contributed by atoms with van der Waals surface area (Å²) in [6, 6.07) is 9.30. The van der Waals surface area contributed by atoms with E-state index in [4.69, 9.17) is 9.47 Å². The highest BCUT2D eigenvalue weighted by Gasteiger charge is 2.47. The SMILES string of the molecule is CC(C)C[C@H](OC(=O)N1CCC2OCC(=O)C21)c1ccccc1. The molecule has 0 spiro atoms. The molecule has 0 bridgehead atoms. The lowest BCUT2D eigenvalue weighted by Gasteiger charge is -2.26. The summed E-state index contributed by atoms with van der Waals surface area (Å²) in [6.45, 7) is 4.82. The van der Waals surface area contributed by atoms with Gasteiger partial charge in [0.05, 0.1) is 6.10 Å². The van der Waals surface area contributed by atoms with Crippen molar-refractivity contribution >= 4 is 11.9 Å². The van der Waals surface area contributed by atoms with Crippen LogP contribution in [0.4, 0.5) is 4.79 Å². The average molecular weight is 317 g/mol. The Hall–Kier alpha value is -1.88. The summed E-state index contributed by atoms with van der Waals surface area (Å²) in [4.78, 5) is 26.1. The largest absolute Gasteiger partial charge is 0.441 e. The van der Waals surface area contributed by atoms with Crippen molar-refractivity contribution in [3.05, 3.63) is 35.9 Å². The highest BCUT2D eigenvalue weighted by atomic mass is 16.6. The molecule has 0 radical (unpaired) electrons. The van der Waals surface area contributed by atoms with E-state index in [-0.39, 0.29) is 24.6 Å². The number of ketones is 1. The van der Waals surface area contributed by atoms with Gasteiger partial charge in [-0.2, -0.15) is 0 Å². The average Bonchev–Trinajstić information content (AvgIpc) is 3.10. The van der Waals surface area contributed by atoms with Crippen molar-refractivity contribution in [3.63, 3.8) is 0 Å². The number of fused-ring (bicyclic) bond motifs is 1. The molecule has 23 heavy (non-hydrogen) atoms. The zero-order valence-corrected chi connectivity index (χ0v) is 13.6. The molecule has 1 amide bonds. The molecule has 2 unspecified atom stereocenters. The van der Waals surface area contributed by atoms with Crippen molar-refractivity contribution in [1.29, 1.82) is 0 Å². The van der Waals surface area contributed by atoms with Crippen LogP contribution in [0.25, 0.3) is 0 Å². The number of hydrogen-bond acceptors (Lipinski definition) is 4. The van der Waals surface area contributed by atoms with Crippen molar-refractivity contribution in [2.45, 2.75) is 44.9 Å². The smallest absolute Gasteiger partial charge is 0.411 e. The maximum atomic E-state index is 12.6. The van der Waals surface area contributed by atoms with Gasteiger partial charge in [0.25, 0.3) is 0 Å². The molecular weight excluding hydrogens is 294 g/mol. The quantitative estimate of drug-likeness (QED) is 0.857. The van der Waals surface area contributed by atoms with Crippen molar-refractivity contribution < 1.29 is 19.1 Å². The maximum Gasteiger partial charge on any atom is 0.411 e. The molecule has 1 aromatic carbocycles. The van der Waals surface area contributed by atoms with Gasteiger partial charge in [0.2, 0.25) is 0 Å². The summed E-state index contributed by atoms with van der Waals surface area (Å²) in [5, 5.41) is 0. The van der Waals surface area contributed by atoms with Gasteiger partial charge in [0.1, 0.15) is 18.8 Å². The second-order valence-corrected chi connectivity index (χ2v) is 6.66. The van der Waals surface area contributed by atoms with E-state index in [1.54, 1.807) is 0 Å². The second-order valence-electron chi connectivity index (χ2n) is 6.66. The zero-order valence-electron chi connectivity index (χ0n) is 13.6. The molecular formula is C18H23NO4. The van der Waals surface area contributed by atoms with Crippen LogP contribution >= 0.6 is 0 Å². The summed E-state index contributed by atoms with van der Waals surface area (Å²) in [5.74, 6) is 0.375. The first kappa shape index (κ1) is 16.0. The topological polar surface area (TPSA) is 55.8 Å². The third-order valence-corrected chi connectivity index (χ3v) is 4.45. The van der Waals surface area contributed by atoms with Gasteiger partial charge < -0.3 is 9.47 Å². The summed E-state index contributed by atoms with van der Waals surface area (Å²) in [6.07, 6.45) is 0.592. The van der Waals surface area contributed by atoms with Crippen LogP contribution < -0.4 is 0 Å². The summed E-state index contributed by atoms with van der Waals surface area (Å²) < 4.78 is 11.2. The molecule has 0 aliphatic carbocycles. The van der Waals surface area contributed by atoms with E-state index >= 15 is 0 Å². The first-order chi connectivity index (χ1) is 11.1. The van der Waals surface area contributed by atoms with Crippen LogP contribution in [0.2, 0.25) is 0 Å². The number of carbonyl (C=O) groups excluding carboxylic acids is 2. The van der Waals surface area contributed by atoms with Crippen LogP contribution in [0.15, 0.2) is 30.3 Å². The Morgan fingerprint density at radius 2 is 2.09 bits per heavy atom. The third-order valence-electron chi connectivity index (χ3n) is 4.45. The molecule has 0 aromatic heterocycles. The van der Waals surface area contributed by atoms with Gasteiger partial charge in [-0.1, -0.05) is 44.2 Å². The minimum atomic E-state index is -0.460. The van der Waals surface area contributed by atoms with Crippen LogP contribution in [0.1, 0.15) is 38.4 Å². The molecule has 2 saturated heterocycles. The lowest BCUT2D eigenvalue weighted by Crippen LogP contribution is -2.42. The fourth-order valence-electron chi connectivity index (χ4n) is 3.34. The van der Waals surface area contributed by atoms with E-state index in [2.05, 4.69) is 13.8 Å². The van der Waals surface area contributed by atoms with Gasteiger partial charge in [-0.05, 0) is 24.3 Å². The number of amides is 1. The maximum absolute atomic E-state index is 12.6. The van der Waals surface area contributed by atoms with Crippen molar-refractivity contribution in [1.82, 2.24) is 4.90 Å². The Balaban J connectivity index is 1.72. The van der Waals surface area contributed by atoms with Crippen molar-refractivity contribution in [2.75, 3.05) is 13.2 Å². The minimum Gasteiger partial charge on any atom is -0.441 e. The normalized spacial score (nSPS) is 24.8. The van der Waals surface area contributed by atoms with E-state index in [0.29, 0.717) is 18.9 Å². The zero-order chi connectivity index (χ0) is 16.4. The number of nitrogens with zero attached hydrogens (tertiary/aromatic N) is 1. The Kier molecular flexibility index (Phi) is 4.66. The summed E-state index contributed by atoms with van der Waals surface area (Å²) in [7, 11) is 0. The molecule has 3 atom stereocenters. The van der Waals surface area contributed by atoms with Crippen LogP contribution in [0.5, 0.6) is 0 Å². The van der Waals surface area contributed by atoms with Crippen molar-refractivity contribution in [3.8, 4) is 0 Å². The number of likely N-dealkylation sites (tertiary alicyclic amines) is 1. The van der Waals surface area contributed by atoms with E-state index in [0.717, 1.165) is 12.0 Å². The van der Waals surface area contributed by atoms with Gasteiger partial charge in [0, 0.05) is 6.54 Å². The first-order valence-corrected chi connectivity index (χ1v) is 8.22. The molecule has 0 saturated carbocycles. The van der Waals surface area contributed by atoms with E-state index in [1.165, 1.54) is 4.90 Å². The number of hydrogen-bond donors (Lipinski definition) is 0. The molecule has 3 rings (SSSR count). The monoisotopic (exact) mass is 317 g/mol. The van der Waals surface area contributed by atoms with Crippen molar-refractivity contribution in [2.24, 2.45) is 5.92 Å². The highest BCUT2D eigenvalue weighted by molar-refractivity contribution is 5.91. The molecule has 0 N–H and O–H groups in total. The van der Waals surface area contributed by atoms with Gasteiger partial charge >= 0.3 is 6.09 Å². The second kappa shape index (κ2) is 6.71. The summed E-state index contributed by atoms with van der Waals surface area (Å²) >= 11 is 0. The van der Waals surface area contributed by atoms with Crippen LogP contribution in [-0.4, -0.2) is 42.1 Å². The Morgan fingerprint density at radius 3 is 2.78 bits per heavy atom. The Labute approximate surface area is 136 Å². The van der Waals surface area contributed by atoms with E-state index < -0.39 is 12.1 Å². The fraction of sp³-hybridized carbons (Fsp3) is 0.556. The molecule has 2 aliphatic heterocycles. The van der Waals surface area contributed by atoms with Crippen LogP contribution in [0.3, 0.4) is 0 Å². The van der Waals surface area contributed by atoms with Gasteiger partial charge in [0.15, 0.2) is 5.78 Å². The predicted molar refractivity (Wildman–Crippen MR) is 85.0 cm³/mol. The third kappa shape index (κ3) is 3.39. The summed E-state index contributed by atoms with van der Waals surface area (Å²) in [5.41, 5.74) is 0.985. The van der Waals surface area contributed by atoms with E-state index in [1.807, 2.05) is 30.3 Å². The number of benzene rings is 1. The predicted octanol–water partition coefficient (Wildman–Crippen LogP) is 2.95. The molecule has 124 valence electrons. The van der Waals surface area contributed by atoms with Crippen LogP contribution in [0, 0.1) is 5.92 Å². The fourth-order valence-corrected chi connectivity index (χ4v) is 3.34. The first-order valence-electron chi connectivity index (χ1n) is 8.22. The Morgan fingerprint density at radius 1 is 1.35 bits per heavy atom. The van der Waals surface area contributed by atoms with E-state index in [9.17, 15) is 9.59 Å². The molecule has 2 fully saturated rings. The molecule has 1 aromatic rings. The molecule has 5 heteroatoms. The van der Waals surface area contributed by atoms with Gasteiger partial charge in [-0.25, -0.2) is 4.79 Å². The Bertz CT molecular complexity index is 572. The number of Topliss-reactive ketones (excluding diaryl/α,β-unsaturated/α-hetero) is 1. The lowest BCUT2D eigenvalue weighted by molar-refractivity contribution is -0.121. The highest BCUT2D eigenvalue weighted by Crippen LogP contribution is 2.31.